The summed E-state index contributed by atoms with van der Waals surface area (Å²) in [5.74, 6) is 3.70. The molecule has 0 saturated carbocycles. The van der Waals surface area contributed by atoms with E-state index >= 15 is 0 Å². The van der Waals surface area contributed by atoms with E-state index in [0.717, 1.165) is 107 Å². The third-order valence-corrected chi connectivity index (χ3v) is 12.2. The molecule has 0 spiro atoms. The Morgan fingerprint density at radius 2 is 1.12 bits per heavy atom. The number of phosphoric acid groups is 1. The second kappa shape index (κ2) is 32.3. The van der Waals surface area contributed by atoms with Crippen molar-refractivity contribution in [3.05, 3.63) is 45.8 Å². The van der Waals surface area contributed by atoms with E-state index in [-0.39, 0.29) is 26.1 Å². The molecule has 1 N–H and O–H groups in total. The molecular formula is C48H84NO10P. The number of hydrogen-bond acceptors (Lipinski definition) is 10. The molecule has 11 nitrogen and oxygen atoms in total. The topological polar surface area (TPSA) is 138 Å². The molecule has 0 amide bonds. The molecule has 0 bridgehead atoms. The first-order valence-corrected chi connectivity index (χ1v) is 25.1. The lowest BCUT2D eigenvalue weighted by atomic mass is 10.0. The first kappa shape index (κ1) is 53.7. The number of nitrogens with zero attached hydrogens (tertiary/aromatic N) is 1. The minimum absolute atomic E-state index is 0.00569. The molecule has 12 heteroatoms. The lowest BCUT2D eigenvalue weighted by Gasteiger charge is -2.20. The summed E-state index contributed by atoms with van der Waals surface area (Å²) in [5, 5.41) is 0. The maximum Gasteiger partial charge on any atom is 0.472 e. The summed E-state index contributed by atoms with van der Waals surface area (Å²) in [6.07, 6.45) is 25.1. The van der Waals surface area contributed by atoms with Crippen LogP contribution in [-0.2, 0) is 58.4 Å². The summed E-state index contributed by atoms with van der Waals surface area (Å²) in [7, 11) is -0.748. The standard InChI is InChI=1S/C48H84NO10P/c1-8-10-22-28-42-36-39(3)44(57-42)29-24-18-14-12-13-15-21-27-33-48(51)58-43(38-56-60(52,53)55-35-34-49(6)7)37-54-47(50)32-26-20-17-16-19-25-31-46-41(5)40(4)45(59-46)30-23-11-9-2/h36,43H,8-35,37-38H2,1-7H3,(H,52,53)/t43-/m1/s1. The zero-order chi connectivity index (χ0) is 44.0. The Kier molecular flexibility index (Phi) is 28.9. The number of likely N-dealkylation sites (N-methyl/N-ethyl adjacent to an activating group) is 1. The van der Waals surface area contributed by atoms with Gasteiger partial charge in [0.05, 0.1) is 13.2 Å². The molecule has 0 saturated heterocycles. The number of rotatable bonds is 38. The van der Waals surface area contributed by atoms with Crippen LogP contribution in [0.5, 0.6) is 0 Å². The second-order valence-electron chi connectivity index (χ2n) is 17.1. The lowest BCUT2D eigenvalue weighted by molar-refractivity contribution is -0.161. The number of carbonyl (C=O) groups excluding carboxylic acids is 2. The van der Waals surface area contributed by atoms with Crippen molar-refractivity contribution in [3.8, 4) is 0 Å². The van der Waals surface area contributed by atoms with Gasteiger partial charge in [-0.3, -0.25) is 18.6 Å². The average molecular weight is 866 g/mol. The molecule has 60 heavy (non-hydrogen) atoms. The van der Waals surface area contributed by atoms with E-state index in [0.29, 0.717) is 19.4 Å². The van der Waals surface area contributed by atoms with Gasteiger partial charge in [0, 0.05) is 45.1 Å². The van der Waals surface area contributed by atoms with Crippen LogP contribution in [0.25, 0.3) is 0 Å². The highest BCUT2D eigenvalue weighted by Crippen LogP contribution is 2.43. The van der Waals surface area contributed by atoms with Crippen molar-refractivity contribution in [2.24, 2.45) is 0 Å². The predicted octanol–water partition coefficient (Wildman–Crippen LogP) is 12.4. The molecule has 0 radical (unpaired) electrons. The molecule has 0 aliphatic heterocycles. The van der Waals surface area contributed by atoms with Gasteiger partial charge in [-0.1, -0.05) is 104 Å². The SMILES string of the molecule is CCCCCc1cc(C)c(CCCCCCCCCCC(=O)O[C@H](COC(=O)CCCCCCCCc2oc(CCCCC)c(C)c2C)COP(=O)(O)OCCN(C)C)o1. The average Bonchev–Trinajstić information content (AvgIpc) is 3.69. The zero-order valence-electron chi connectivity index (χ0n) is 38.9. The number of carbonyl (C=O) groups is 2. The quantitative estimate of drug-likeness (QED) is 0.0392. The van der Waals surface area contributed by atoms with Crippen molar-refractivity contribution in [2.45, 2.75) is 208 Å². The van der Waals surface area contributed by atoms with Gasteiger partial charge in [0.1, 0.15) is 29.6 Å². The Morgan fingerprint density at radius 1 is 0.633 bits per heavy atom. The molecule has 2 heterocycles. The normalized spacial score (nSPS) is 13.2. The molecular weight excluding hydrogens is 781 g/mol. The Labute approximate surface area is 364 Å². The minimum Gasteiger partial charge on any atom is -0.466 e. The summed E-state index contributed by atoms with van der Waals surface area (Å²) in [6, 6.07) is 2.21. The number of unbranched alkanes of at least 4 members (excludes halogenated alkanes) is 16. The molecule has 2 aromatic heterocycles. The molecule has 2 rings (SSSR count). The molecule has 2 atom stereocenters. The smallest absolute Gasteiger partial charge is 0.466 e. The fraction of sp³-hybridized carbons (Fsp3) is 0.792. The van der Waals surface area contributed by atoms with Crippen LogP contribution >= 0.6 is 7.82 Å². The fourth-order valence-corrected chi connectivity index (χ4v) is 8.03. The van der Waals surface area contributed by atoms with Gasteiger partial charge in [-0.25, -0.2) is 4.57 Å². The van der Waals surface area contributed by atoms with Crippen LogP contribution in [0, 0.1) is 20.8 Å². The van der Waals surface area contributed by atoms with Gasteiger partial charge in [-0.2, -0.15) is 0 Å². The Morgan fingerprint density at radius 3 is 1.67 bits per heavy atom. The maximum atomic E-state index is 12.8. The van der Waals surface area contributed by atoms with E-state index in [1.807, 2.05) is 19.0 Å². The maximum absolute atomic E-state index is 12.8. The third-order valence-electron chi connectivity index (χ3n) is 11.3. The van der Waals surface area contributed by atoms with E-state index < -0.39 is 32.5 Å². The summed E-state index contributed by atoms with van der Waals surface area (Å²) < 4.78 is 46.0. The van der Waals surface area contributed by atoms with Crippen molar-refractivity contribution < 1.29 is 46.4 Å². The number of esters is 2. The zero-order valence-corrected chi connectivity index (χ0v) is 39.8. The van der Waals surface area contributed by atoms with Crippen LogP contribution in [0.2, 0.25) is 0 Å². The first-order valence-electron chi connectivity index (χ1n) is 23.6. The third kappa shape index (κ3) is 24.9. The Bertz CT molecular complexity index is 1480. The van der Waals surface area contributed by atoms with Gasteiger partial charge in [0.15, 0.2) is 6.10 Å². The highest BCUT2D eigenvalue weighted by molar-refractivity contribution is 7.47. The second-order valence-corrected chi connectivity index (χ2v) is 18.5. The summed E-state index contributed by atoms with van der Waals surface area (Å²) in [5.41, 5.74) is 3.89. The monoisotopic (exact) mass is 866 g/mol. The van der Waals surface area contributed by atoms with E-state index in [1.54, 1.807) is 0 Å². The van der Waals surface area contributed by atoms with Crippen molar-refractivity contribution in [2.75, 3.05) is 40.5 Å². The van der Waals surface area contributed by atoms with Crippen LogP contribution in [0.4, 0.5) is 0 Å². The van der Waals surface area contributed by atoms with Gasteiger partial charge < -0.3 is 28.1 Å². The molecule has 0 aliphatic rings. The van der Waals surface area contributed by atoms with Gasteiger partial charge in [0.2, 0.25) is 0 Å². The van der Waals surface area contributed by atoms with Crippen LogP contribution in [-0.4, -0.2) is 68.3 Å². The van der Waals surface area contributed by atoms with Crippen LogP contribution in [0.15, 0.2) is 14.9 Å². The summed E-state index contributed by atoms with van der Waals surface area (Å²) in [4.78, 5) is 37.3. The molecule has 0 fully saturated rings. The minimum atomic E-state index is -4.39. The molecule has 346 valence electrons. The Balaban J connectivity index is 1.64. The van der Waals surface area contributed by atoms with E-state index in [9.17, 15) is 19.0 Å². The van der Waals surface area contributed by atoms with Crippen molar-refractivity contribution in [1.82, 2.24) is 4.90 Å². The first-order chi connectivity index (χ1) is 28.8. The summed E-state index contributed by atoms with van der Waals surface area (Å²) >= 11 is 0. The summed E-state index contributed by atoms with van der Waals surface area (Å²) in [6.45, 7) is 10.7. The van der Waals surface area contributed by atoms with Crippen LogP contribution in [0.1, 0.15) is 195 Å². The number of hydrogen-bond donors (Lipinski definition) is 1. The highest BCUT2D eigenvalue weighted by atomic mass is 31.2. The predicted molar refractivity (Wildman–Crippen MR) is 240 cm³/mol. The van der Waals surface area contributed by atoms with Crippen molar-refractivity contribution in [3.63, 3.8) is 0 Å². The number of phosphoric ester groups is 1. The molecule has 1 unspecified atom stereocenters. The molecule has 0 aromatic carbocycles. The number of furan rings is 2. The molecule has 2 aromatic rings. The molecule has 0 aliphatic carbocycles. The van der Waals surface area contributed by atoms with Crippen LogP contribution in [0.3, 0.4) is 0 Å². The van der Waals surface area contributed by atoms with Crippen molar-refractivity contribution in [1.29, 1.82) is 0 Å². The Hall–Kier alpha value is -2.43. The fourth-order valence-electron chi connectivity index (χ4n) is 7.29. The van der Waals surface area contributed by atoms with E-state index in [1.165, 1.54) is 74.5 Å². The number of ether oxygens (including phenoxy) is 2. The van der Waals surface area contributed by atoms with Gasteiger partial charge in [-0.05, 0) is 96.1 Å². The van der Waals surface area contributed by atoms with E-state index in [4.69, 9.17) is 27.4 Å². The van der Waals surface area contributed by atoms with Gasteiger partial charge >= 0.3 is 19.8 Å². The van der Waals surface area contributed by atoms with Crippen LogP contribution < -0.4 is 0 Å². The van der Waals surface area contributed by atoms with Crippen molar-refractivity contribution >= 4 is 19.8 Å². The van der Waals surface area contributed by atoms with Gasteiger partial charge in [0.25, 0.3) is 0 Å². The highest BCUT2D eigenvalue weighted by Gasteiger charge is 2.26. The lowest BCUT2D eigenvalue weighted by Crippen LogP contribution is -2.29. The van der Waals surface area contributed by atoms with E-state index in [2.05, 4.69) is 40.7 Å². The number of aryl methyl sites for hydroxylation is 5. The largest absolute Gasteiger partial charge is 0.472 e. The van der Waals surface area contributed by atoms with Gasteiger partial charge in [-0.15, -0.1) is 0 Å².